The first-order valence-electron chi connectivity index (χ1n) is 6.61. The van der Waals surface area contributed by atoms with Gasteiger partial charge >= 0.3 is 6.18 Å². The van der Waals surface area contributed by atoms with Gasteiger partial charge in [0.2, 0.25) is 5.09 Å². The predicted octanol–water partition coefficient (Wildman–Crippen LogP) is 2.10. The number of hydrogen-bond acceptors (Lipinski definition) is 4. The minimum atomic E-state index is -4.59. The van der Waals surface area contributed by atoms with E-state index in [4.69, 9.17) is 4.42 Å². The third-order valence-electron chi connectivity index (χ3n) is 3.08. The van der Waals surface area contributed by atoms with Crippen LogP contribution in [-0.4, -0.2) is 38.0 Å². The number of rotatable bonds is 7. The molecule has 0 aromatic carbocycles. The van der Waals surface area contributed by atoms with Crippen molar-refractivity contribution in [2.75, 3.05) is 13.1 Å². The third kappa shape index (κ3) is 4.45. The average molecular weight is 326 g/mol. The second kappa shape index (κ2) is 5.98. The zero-order valence-corrected chi connectivity index (χ0v) is 12.3. The van der Waals surface area contributed by atoms with Gasteiger partial charge in [-0.25, -0.2) is 8.42 Å². The number of sulfonamides is 1. The summed E-state index contributed by atoms with van der Waals surface area (Å²) < 4.78 is 67.0. The molecule has 1 aromatic heterocycles. The van der Waals surface area contributed by atoms with E-state index in [2.05, 4.69) is 5.32 Å². The Morgan fingerprint density at radius 2 is 2.05 bits per heavy atom. The number of alkyl halides is 3. The maximum Gasteiger partial charge on any atom is 0.402 e. The van der Waals surface area contributed by atoms with Crippen LogP contribution < -0.4 is 5.32 Å². The lowest BCUT2D eigenvalue weighted by Gasteiger charge is -2.20. The van der Waals surface area contributed by atoms with Crippen LogP contribution in [0.4, 0.5) is 13.2 Å². The van der Waals surface area contributed by atoms with Gasteiger partial charge in [-0.05, 0) is 25.0 Å². The van der Waals surface area contributed by atoms with E-state index in [1.807, 2.05) is 0 Å². The molecule has 1 heterocycles. The molecule has 0 unspecified atom stereocenters. The van der Waals surface area contributed by atoms with E-state index in [9.17, 15) is 21.6 Å². The summed E-state index contributed by atoms with van der Waals surface area (Å²) in [6.07, 6.45) is -2.45. The molecular formula is C12H17F3N2O3S. The van der Waals surface area contributed by atoms with E-state index in [0.717, 1.165) is 12.8 Å². The van der Waals surface area contributed by atoms with Crippen LogP contribution in [0.5, 0.6) is 0 Å². The Hall–Kier alpha value is -1.06. The number of nitrogens with one attached hydrogen (secondary N) is 1. The molecule has 1 N–H and O–H groups in total. The summed E-state index contributed by atoms with van der Waals surface area (Å²) in [5, 5.41) is 2.68. The Morgan fingerprint density at radius 3 is 2.57 bits per heavy atom. The van der Waals surface area contributed by atoms with Gasteiger partial charge in [0.15, 0.2) is 0 Å². The minimum absolute atomic E-state index is 0.280. The summed E-state index contributed by atoms with van der Waals surface area (Å²) in [7, 11) is -4.27. The molecule has 1 aliphatic carbocycles. The molecule has 0 aliphatic heterocycles. The lowest BCUT2D eigenvalue weighted by molar-refractivity contribution is -0.135. The van der Waals surface area contributed by atoms with Gasteiger partial charge in [-0.3, -0.25) is 0 Å². The Bertz CT molecular complexity index is 579. The molecule has 9 heteroatoms. The van der Waals surface area contributed by atoms with Crippen molar-refractivity contribution in [2.24, 2.45) is 0 Å². The molecule has 1 aliphatic rings. The predicted molar refractivity (Wildman–Crippen MR) is 69.1 cm³/mol. The molecule has 2 rings (SSSR count). The first-order chi connectivity index (χ1) is 9.72. The lowest BCUT2D eigenvalue weighted by Crippen LogP contribution is -2.38. The number of nitrogens with zero attached hydrogens (tertiary/aromatic N) is 1. The van der Waals surface area contributed by atoms with E-state index < -0.39 is 27.8 Å². The van der Waals surface area contributed by atoms with Crippen molar-refractivity contribution in [1.82, 2.24) is 9.62 Å². The molecule has 0 amide bonds. The number of halogens is 3. The van der Waals surface area contributed by atoms with Crippen LogP contribution in [0, 0.1) is 0 Å². The van der Waals surface area contributed by atoms with Crippen molar-refractivity contribution < 1.29 is 26.0 Å². The van der Waals surface area contributed by atoms with E-state index >= 15 is 0 Å². The second-order valence-corrected chi connectivity index (χ2v) is 6.79. The van der Waals surface area contributed by atoms with Crippen LogP contribution in [0.1, 0.15) is 25.5 Å². The highest BCUT2D eigenvalue weighted by Gasteiger charge is 2.37. The molecule has 120 valence electrons. The largest absolute Gasteiger partial charge is 0.447 e. The van der Waals surface area contributed by atoms with Crippen molar-refractivity contribution in [3.8, 4) is 0 Å². The fourth-order valence-electron chi connectivity index (χ4n) is 1.82. The van der Waals surface area contributed by atoms with Gasteiger partial charge in [0.25, 0.3) is 10.0 Å². The summed E-state index contributed by atoms with van der Waals surface area (Å²) in [6.45, 7) is -0.0895. The van der Waals surface area contributed by atoms with Crippen LogP contribution >= 0.6 is 0 Å². The Morgan fingerprint density at radius 1 is 1.38 bits per heavy atom. The maximum atomic E-state index is 12.4. The van der Waals surface area contributed by atoms with E-state index in [1.54, 1.807) is 0 Å². The van der Waals surface area contributed by atoms with Gasteiger partial charge in [-0.2, -0.15) is 17.5 Å². The smallest absolute Gasteiger partial charge is 0.402 e. The van der Waals surface area contributed by atoms with Crippen molar-refractivity contribution >= 4 is 10.0 Å². The zero-order chi connectivity index (χ0) is 15.7. The summed E-state index contributed by atoms with van der Waals surface area (Å²) in [5.41, 5.74) is 0. The molecule has 1 fully saturated rings. The maximum absolute atomic E-state index is 12.4. The van der Waals surface area contributed by atoms with Crippen LogP contribution in [0.2, 0.25) is 0 Å². The van der Waals surface area contributed by atoms with Gasteiger partial charge < -0.3 is 9.73 Å². The highest BCUT2D eigenvalue weighted by molar-refractivity contribution is 7.89. The lowest BCUT2D eigenvalue weighted by atomic mass is 10.4. The minimum Gasteiger partial charge on any atom is -0.447 e. The first kappa shape index (κ1) is 16.3. The van der Waals surface area contributed by atoms with Crippen LogP contribution in [0.3, 0.4) is 0 Å². The standard InChI is InChI=1S/C12H17F3N2O3S/c1-2-17(8-12(13,14)15)21(18,19)11-6-5-10(20-11)7-16-9-3-4-9/h5-6,9,16H,2-4,7-8H2,1H3. The van der Waals surface area contributed by atoms with Crippen molar-refractivity contribution in [2.45, 2.75) is 43.6 Å². The number of furan rings is 1. The summed E-state index contributed by atoms with van der Waals surface area (Å²) in [6, 6.07) is 3.08. The Labute approximate surface area is 121 Å². The molecule has 0 spiro atoms. The molecule has 0 bridgehead atoms. The monoisotopic (exact) mass is 326 g/mol. The van der Waals surface area contributed by atoms with E-state index in [-0.39, 0.29) is 6.54 Å². The van der Waals surface area contributed by atoms with Crippen LogP contribution in [-0.2, 0) is 16.6 Å². The normalized spacial score (nSPS) is 16.6. The van der Waals surface area contributed by atoms with E-state index in [1.165, 1.54) is 19.1 Å². The average Bonchev–Trinajstić information content (AvgIpc) is 3.08. The van der Waals surface area contributed by atoms with Gasteiger partial charge in [0.1, 0.15) is 12.3 Å². The Balaban J connectivity index is 2.09. The fraction of sp³-hybridized carbons (Fsp3) is 0.667. The molecule has 1 saturated carbocycles. The zero-order valence-electron chi connectivity index (χ0n) is 11.5. The summed E-state index contributed by atoms with van der Waals surface area (Å²) >= 11 is 0. The molecular weight excluding hydrogens is 309 g/mol. The van der Waals surface area contributed by atoms with Crippen LogP contribution in [0.15, 0.2) is 21.6 Å². The quantitative estimate of drug-likeness (QED) is 0.833. The van der Waals surface area contributed by atoms with Gasteiger partial charge in [-0.1, -0.05) is 6.92 Å². The van der Waals surface area contributed by atoms with Gasteiger partial charge in [0.05, 0.1) is 6.54 Å². The molecule has 1 aromatic rings. The topological polar surface area (TPSA) is 62.6 Å². The third-order valence-corrected chi connectivity index (χ3v) is 4.88. The summed E-state index contributed by atoms with van der Waals surface area (Å²) in [5.74, 6) is 0.392. The van der Waals surface area contributed by atoms with Gasteiger partial charge in [0, 0.05) is 12.6 Å². The molecule has 0 radical (unpaired) electrons. The van der Waals surface area contributed by atoms with Gasteiger partial charge in [-0.15, -0.1) is 0 Å². The molecule has 21 heavy (non-hydrogen) atoms. The van der Waals surface area contributed by atoms with Crippen molar-refractivity contribution in [1.29, 1.82) is 0 Å². The van der Waals surface area contributed by atoms with E-state index in [0.29, 0.717) is 22.7 Å². The van der Waals surface area contributed by atoms with Crippen LogP contribution in [0.25, 0.3) is 0 Å². The highest BCUT2D eigenvalue weighted by Crippen LogP contribution is 2.24. The summed E-state index contributed by atoms with van der Waals surface area (Å²) in [4.78, 5) is 0. The molecule has 0 saturated heterocycles. The Kier molecular flexibility index (Phi) is 4.64. The van der Waals surface area contributed by atoms with Crippen molar-refractivity contribution in [3.05, 3.63) is 17.9 Å². The highest BCUT2D eigenvalue weighted by atomic mass is 32.2. The second-order valence-electron chi connectivity index (χ2n) is 4.92. The molecule has 0 atom stereocenters. The first-order valence-corrected chi connectivity index (χ1v) is 8.05. The van der Waals surface area contributed by atoms with Crippen molar-refractivity contribution in [3.63, 3.8) is 0 Å². The number of hydrogen-bond donors (Lipinski definition) is 1. The SMILES string of the molecule is CCN(CC(F)(F)F)S(=O)(=O)c1ccc(CNC2CC2)o1. The molecule has 5 nitrogen and oxygen atoms in total. The fourth-order valence-corrected chi connectivity index (χ4v) is 3.18.